The molecule has 0 atom stereocenters. The van der Waals surface area contributed by atoms with Crippen LogP contribution in [0.15, 0.2) is 24.3 Å². The van der Waals surface area contributed by atoms with Gasteiger partial charge in [0.2, 0.25) is 5.91 Å². The molecule has 14 heavy (non-hydrogen) atoms. The number of amides is 1. The minimum Gasteiger partial charge on any atom is -0.358 e. The molecule has 2 rings (SSSR count). The Balaban J connectivity index is 2.38. The molecule has 1 N–H and O–H groups in total. The Morgan fingerprint density at radius 3 is 3.07 bits per heavy atom. The Morgan fingerprint density at radius 2 is 2.29 bits per heavy atom. The van der Waals surface area contributed by atoms with E-state index < -0.39 is 0 Å². The second kappa shape index (κ2) is 3.45. The molecule has 0 spiro atoms. The summed E-state index contributed by atoms with van der Waals surface area (Å²) in [4.78, 5) is 11.1. The SMILES string of the molecule is CNC(=O)Cn1nnc2ccccc21. The Morgan fingerprint density at radius 1 is 1.50 bits per heavy atom. The van der Waals surface area contributed by atoms with Gasteiger partial charge in [0.1, 0.15) is 12.1 Å². The quantitative estimate of drug-likeness (QED) is 0.734. The van der Waals surface area contributed by atoms with Crippen molar-refractivity contribution in [1.29, 1.82) is 0 Å². The van der Waals surface area contributed by atoms with Crippen LogP contribution >= 0.6 is 0 Å². The molecule has 0 radical (unpaired) electrons. The predicted octanol–water partition coefficient (Wildman–Crippen LogP) is 0.177. The number of carbonyl (C=O) groups excluding carboxylic acids is 1. The molecule has 1 amide bonds. The van der Waals surface area contributed by atoms with E-state index in [1.54, 1.807) is 11.7 Å². The maximum Gasteiger partial charge on any atom is 0.241 e. The molecule has 5 heteroatoms. The first kappa shape index (κ1) is 8.68. The third kappa shape index (κ3) is 1.44. The van der Waals surface area contributed by atoms with Gasteiger partial charge in [-0.25, -0.2) is 4.68 Å². The summed E-state index contributed by atoms with van der Waals surface area (Å²) in [6.45, 7) is 0.205. The number of likely N-dealkylation sites (N-methyl/N-ethyl adjacent to an activating group) is 1. The number of rotatable bonds is 2. The average molecular weight is 190 g/mol. The summed E-state index contributed by atoms with van der Waals surface area (Å²) in [6, 6.07) is 7.54. The number of nitrogens with zero attached hydrogens (tertiary/aromatic N) is 3. The molecule has 0 aliphatic heterocycles. The number of hydrogen-bond acceptors (Lipinski definition) is 3. The number of benzene rings is 1. The minimum atomic E-state index is -0.0827. The van der Waals surface area contributed by atoms with Crippen LogP contribution in [0.25, 0.3) is 11.0 Å². The third-order valence-electron chi connectivity index (χ3n) is 1.99. The Bertz CT molecular complexity index is 463. The van der Waals surface area contributed by atoms with Gasteiger partial charge in [0.15, 0.2) is 0 Å². The van der Waals surface area contributed by atoms with Crippen LogP contribution in [-0.2, 0) is 11.3 Å². The smallest absolute Gasteiger partial charge is 0.241 e. The van der Waals surface area contributed by atoms with E-state index in [1.165, 1.54) is 0 Å². The van der Waals surface area contributed by atoms with Crippen molar-refractivity contribution in [3.63, 3.8) is 0 Å². The van der Waals surface area contributed by atoms with Crippen LogP contribution in [0.4, 0.5) is 0 Å². The van der Waals surface area contributed by atoms with Crippen LogP contribution in [0.3, 0.4) is 0 Å². The zero-order valence-corrected chi connectivity index (χ0v) is 7.77. The van der Waals surface area contributed by atoms with Crippen LogP contribution in [0, 0.1) is 0 Å². The van der Waals surface area contributed by atoms with Gasteiger partial charge in [-0.05, 0) is 12.1 Å². The Labute approximate surface area is 80.7 Å². The normalized spacial score (nSPS) is 10.4. The van der Waals surface area contributed by atoms with Crippen molar-refractivity contribution < 1.29 is 4.79 Å². The van der Waals surface area contributed by atoms with Crippen LogP contribution in [0.1, 0.15) is 0 Å². The third-order valence-corrected chi connectivity index (χ3v) is 1.99. The summed E-state index contributed by atoms with van der Waals surface area (Å²) in [5.74, 6) is -0.0827. The number of fused-ring (bicyclic) bond motifs is 1. The monoisotopic (exact) mass is 190 g/mol. The Hall–Kier alpha value is -1.91. The fourth-order valence-corrected chi connectivity index (χ4v) is 1.25. The van der Waals surface area contributed by atoms with Crippen LogP contribution < -0.4 is 5.32 Å². The Kier molecular flexibility index (Phi) is 2.14. The lowest BCUT2D eigenvalue weighted by Crippen LogP contribution is -2.23. The van der Waals surface area contributed by atoms with Crippen LogP contribution in [0.5, 0.6) is 0 Å². The lowest BCUT2D eigenvalue weighted by Gasteiger charge is -1.99. The molecule has 1 aromatic heterocycles. The summed E-state index contributed by atoms with van der Waals surface area (Å²) in [5.41, 5.74) is 1.67. The van der Waals surface area contributed by atoms with Gasteiger partial charge in [0, 0.05) is 7.05 Å². The molecule has 0 saturated heterocycles. The maximum atomic E-state index is 11.1. The molecule has 72 valence electrons. The molecule has 2 aromatic rings. The lowest BCUT2D eigenvalue weighted by atomic mass is 10.3. The van der Waals surface area contributed by atoms with Gasteiger partial charge in [-0.1, -0.05) is 17.3 Å². The minimum absolute atomic E-state index is 0.0827. The highest BCUT2D eigenvalue weighted by Gasteiger charge is 2.05. The summed E-state index contributed by atoms with van der Waals surface area (Å²) in [7, 11) is 1.60. The maximum absolute atomic E-state index is 11.1. The number of aromatic nitrogens is 3. The largest absolute Gasteiger partial charge is 0.358 e. The van der Waals surface area contributed by atoms with Gasteiger partial charge in [0.25, 0.3) is 0 Å². The summed E-state index contributed by atoms with van der Waals surface area (Å²) in [6.07, 6.45) is 0. The molecular weight excluding hydrogens is 180 g/mol. The second-order valence-corrected chi connectivity index (χ2v) is 2.91. The standard InChI is InChI=1S/C9H10N4O/c1-10-9(14)6-13-8-5-3-2-4-7(8)11-12-13/h2-5H,6H2,1H3,(H,10,14). The number of para-hydroxylation sites is 1. The van der Waals surface area contributed by atoms with E-state index >= 15 is 0 Å². The zero-order chi connectivity index (χ0) is 9.97. The highest BCUT2D eigenvalue weighted by Crippen LogP contribution is 2.08. The van der Waals surface area contributed by atoms with E-state index in [4.69, 9.17) is 0 Å². The second-order valence-electron chi connectivity index (χ2n) is 2.91. The van der Waals surface area contributed by atoms with Crippen molar-refractivity contribution in [2.24, 2.45) is 0 Å². The molecule has 5 nitrogen and oxygen atoms in total. The van der Waals surface area contributed by atoms with Gasteiger partial charge >= 0.3 is 0 Å². The number of hydrogen-bond donors (Lipinski definition) is 1. The fraction of sp³-hybridized carbons (Fsp3) is 0.222. The summed E-state index contributed by atoms with van der Waals surface area (Å²) in [5, 5.41) is 10.4. The molecule has 0 aliphatic rings. The van der Waals surface area contributed by atoms with E-state index in [0.29, 0.717) is 0 Å². The zero-order valence-electron chi connectivity index (χ0n) is 7.77. The van der Waals surface area contributed by atoms with Crippen molar-refractivity contribution in [3.8, 4) is 0 Å². The first-order chi connectivity index (χ1) is 6.81. The van der Waals surface area contributed by atoms with Gasteiger partial charge < -0.3 is 5.32 Å². The van der Waals surface area contributed by atoms with E-state index in [0.717, 1.165) is 11.0 Å². The van der Waals surface area contributed by atoms with Gasteiger partial charge in [-0.15, -0.1) is 5.10 Å². The molecule has 1 aromatic carbocycles. The predicted molar refractivity (Wildman–Crippen MR) is 51.6 cm³/mol. The van der Waals surface area contributed by atoms with Gasteiger partial charge in [-0.3, -0.25) is 4.79 Å². The highest BCUT2D eigenvalue weighted by atomic mass is 16.1. The molecular formula is C9H10N4O. The van der Waals surface area contributed by atoms with Crippen molar-refractivity contribution in [1.82, 2.24) is 20.3 Å². The van der Waals surface area contributed by atoms with Gasteiger partial charge in [0.05, 0.1) is 5.52 Å². The highest BCUT2D eigenvalue weighted by molar-refractivity contribution is 5.79. The molecule has 0 aliphatic carbocycles. The van der Waals surface area contributed by atoms with E-state index in [2.05, 4.69) is 15.6 Å². The molecule has 0 unspecified atom stereocenters. The van der Waals surface area contributed by atoms with Crippen molar-refractivity contribution in [2.75, 3.05) is 7.05 Å². The average Bonchev–Trinajstić information content (AvgIpc) is 2.62. The number of carbonyl (C=O) groups is 1. The molecule has 1 heterocycles. The van der Waals surface area contributed by atoms with E-state index in [1.807, 2.05) is 24.3 Å². The van der Waals surface area contributed by atoms with E-state index in [9.17, 15) is 4.79 Å². The van der Waals surface area contributed by atoms with E-state index in [-0.39, 0.29) is 12.5 Å². The first-order valence-electron chi connectivity index (χ1n) is 4.30. The molecule has 0 fully saturated rings. The van der Waals surface area contributed by atoms with Crippen LogP contribution in [-0.4, -0.2) is 27.9 Å². The summed E-state index contributed by atoms with van der Waals surface area (Å²) >= 11 is 0. The van der Waals surface area contributed by atoms with Crippen molar-refractivity contribution >= 4 is 16.9 Å². The lowest BCUT2D eigenvalue weighted by molar-refractivity contribution is -0.121. The fourth-order valence-electron chi connectivity index (χ4n) is 1.25. The summed E-state index contributed by atoms with van der Waals surface area (Å²) < 4.78 is 1.58. The molecule has 0 saturated carbocycles. The van der Waals surface area contributed by atoms with Crippen molar-refractivity contribution in [3.05, 3.63) is 24.3 Å². The topological polar surface area (TPSA) is 59.8 Å². The number of nitrogens with one attached hydrogen (secondary N) is 1. The van der Waals surface area contributed by atoms with Gasteiger partial charge in [-0.2, -0.15) is 0 Å². The molecule has 0 bridgehead atoms. The first-order valence-corrected chi connectivity index (χ1v) is 4.30. The van der Waals surface area contributed by atoms with Crippen molar-refractivity contribution in [2.45, 2.75) is 6.54 Å². The van der Waals surface area contributed by atoms with Crippen LogP contribution in [0.2, 0.25) is 0 Å².